The van der Waals surface area contributed by atoms with Crippen molar-refractivity contribution in [2.45, 2.75) is 181 Å². The van der Waals surface area contributed by atoms with Gasteiger partial charge >= 0.3 is 17.9 Å². The van der Waals surface area contributed by atoms with Crippen LogP contribution in [0.5, 0.6) is 0 Å². The van der Waals surface area contributed by atoms with Crippen molar-refractivity contribution in [2.24, 2.45) is 0 Å². The number of carbonyl (C=O) groups is 3. The van der Waals surface area contributed by atoms with Crippen molar-refractivity contribution >= 4 is 17.9 Å². The molecule has 1 unspecified atom stereocenters. The van der Waals surface area contributed by atoms with Gasteiger partial charge in [0.05, 0.1) is 0 Å². The average molecular weight is 893 g/mol. The third-order valence-corrected chi connectivity index (χ3v) is 9.67. The summed E-state index contributed by atoms with van der Waals surface area (Å²) in [6.45, 7) is 6.13. The minimum absolute atomic E-state index is 0.128. The summed E-state index contributed by atoms with van der Waals surface area (Å²) in [6, 6.07) is 0. The number of allylic oxidation sites excluding steroid dienone is 26. The molecular formula is C59H88O6. The molecule has 1 atom stereocenters. The molecule has 0 bridgehead atoms. The Kier molecular flexibility index (Phi) is 47.7. The lowest BCUT2D eigenvalue weighted by Crippen LogP contribution is -2.30. The normalized spacial score (nSPS) is 13.5. The maximum Gasteiger partial charge on any atom is 0.306 e. The van der Waals surface area contributed by atoms with E-state index in [-0.39, 0.29) is 44.0 Å². The van der Waals surface area contributed by atoms with Gasteiger partial charge in [0.15, 0.2) is 6.10 Å². The topological polar surface area (TPSA) is 78.9 Å². The molecule has 360 valence electrons. The van der Waals surface area contributed by atoms with Gasteiger partial charge in [-0.25, -0.2) is 0 Å². The first-order valence-corrected chi connectivity index (χ1v) is 25.1. The van der Waals surface area contributed by atoms with Crippen LogP contribution in [0.4, 0.5) is 0 Å². The number of unbranched alkanes of at least 4 members (excludes halogenated alkanes) is 10. The van der Waals surface area contributed by atoms with Crippen LogP contribution in [-0.4, -0.2) is 37.2 Å². The molecule has 0 aliphatic carbocycles. The van der Waals surface area contributed by atoms with Gasteiger partial charge in [0.25, 0.3) is 0 Å². The maximum absolute atomic E-state index is 12.8. The van der Waals surface area contributed by atoms with Gasteiger partial charge in [-0.15, -0.1) is 0 Å². The number of carbonyl (C=O) groups excluding carboxylic acids is 3. The van der Waals surface area contributed by atoms with Crippen LogP contribution in [0.3, 0.4) is 0 Å². The molecule has 0 aliphatic heterocycles. The zero-order valence-electron chi connectivity index (χ0n) is 40.9. The zero-order chi connectivity index (χ0) is 47.2. The predicted octanol–water partition coefficient (Wildman–Crippen LogP) is 16.6. The summed E-state index contributed by atoms with van der Waals surface area (Å²) >= 11 is 0. The second-order valence-electron chi connectivity index (χ2n) is 15.7. The Morgan fingerprint density at radius 2 is 0.646 bits per heavy atom. The molecule has 0 N–H and O–H groups in total. The molecule has 0 aromatic carbocycles. The van der Waals surface area contributed by atoms with Gasteiger partial charge < -0.3 is 14.2 Å². The fourth-order valence-electron chi connectivity index (χ4n) is 6.02. The highest BCUT2D eigenvalue weighted by Crippen LogP contribution is 2.12. The Bertz CT molecular complexity index is 1540. The highest BCUT2D eigenvalue weighted by Gasteiger charge is 2.19. The van der Waals surface area contributed by atoms with Crippen LogP contribution in [0.25, 0.3) is 0 Å². The van der Waals surface area contributed by atoms with Crippen molar-refractivity contribution in [3.8, 4) is 0 Å². The number of esters is 3. The van der Waals surface area contributed by atoms with E-state index in [1.165, 1.54) is 12.8 Å². The van der Waals surface area contributed by atoms with E-state index in [4.69, 9.17) is 14.2 Å². The molecule has 0 spiro atoms. The van der Waals surface area contributed by atoms with Crippen LogP contribution in [0, 0.1) is 0 Å². The van der Waals surface area contributed by atoms with Gasteiger partial charge in [0.1, 0.15) is 13.2 Å². The molecule has 0 aromatic heterocycles. The Labute approximate surface area is 397 Å². The summed E-state index contributed by atoms with van der Waals surface area (Å²) in [5.41, 5.74) is 0. The maximum atomic E-state index is 12.8. The van der Waals surface area contributed by atoms with Crippen molar-refractivity contribution in [2.75, 3.05) is 13.2 Å². The van der Waals surface area contributed by atoms with Crippen LogP contribution in [-0.2, 0) is 28.6 Å². The van der Waals surface area contributed by atoms with E-state index >= 15 is 0 Å². The molecule has 0 heterocycles. The van der Waals surface area contributed by atoms with Crippen molar-refractivity contribution < 1.29 is 28.6 Å². The lowest BCUT2D eigenvalue weighted by Gasteiger charge is -2.18. The van der Waals surface area contributed by atoms with E-state index in [2.05, 4.69) is 118 Å². The SMILES string of the molecule is CC\C=C/C=C\C=C/C=C\C=C\C=C/CCCCCC(=O)OC(COC(=O)CCC/C=C\C/C=C\C/C=C\CC)COC(=O)CCCCCCCC/C=C\C/C=C\C/C=C\C/C=C\CC. The Morgan fingerprint density at radius 1 is 0.323 bits per heavy atom. The quantitative estimate of drug-likeness (QED) is 0.0200. The highest BCUT2D eigenvalue weighted by molar-refractivity contribution is 5.71. The lowest BCUT2D eigenvalue weighted by molar-refractivity contribution is -0.167. The monoisotopic (exact) mass is 893 g/mol. The van der Waals surface area contributed by atoms with Crippen LogP contribution >= 0.6 is 0 Å². The first kappa shape index (κ1) is 60.0. The smallest absolute Gasteiger partial charge is 0.306 e. The molecule has 65 heavy (non-hydrogen) atoms. The molecule has 6 heteroatoms. The molecule has 0 amide bonds. The molecular weight excluding hydrogens is 805 g/mol. The second-order valence-corrected chi connectivity index (χ2v) is 15.7. The molecule has 0 saturated heterocycles. The van der Waals surface area contributed by atoms with E-state index in [0.29, 0.717) is 19.3 Å². The van der Waals surface area contributed by atoms with Crippen molar-refractivity contribution in [3.05, 3.63) is 158 Å². The summed E-state index contributed by atoms with van der Waals surface area (Å²) in [5.74, 6) is -1.06. The van der Waals surface area contributed by atoms with Crippen molar-refractivity contribution in [1.82, 2.24) is 0 Å². The first-order valence-electron chi connectivity index (χ1n) is 25.1. The Morgan fingerprint density at radius 3 is 1.12 bits per heavy atom. The van der Waals surface area contributed by atoms with Crippen molar-refractivity contribution in [1.29, 1.82) is 0 Å². The largest absolute Gasteiger partial charge is 0.462 e. The third kappa shape index (κ3) is 49.9. The van der Waals surface area contributed by atoms with Crippen LogP contribution in [0.1, 0.15) is 175 Å². The molecule has 0 aromatic rings. The number of ether oxygens (including phenoxy) is 3. The minimum atomic E-state index is -0.835. The summed E-state index contributed by atoms with van der Waals surface area (Å²) < 4.78 is 16.7. The summed E-state index contributed by atoms with van der Waals surface area (Å²) in [5, 5.41) is 0. The van der Waals surface area contributed by atoms with Gasteiger partial charge in [-0.2, -0.15) is 0 Å². The van der Waals surface area contributed by atoms with Crippen LogP contribution in [0.15, 0.2) is 158 Å². The first-order chi connectivity index (χ1) is 32.0. The highest BCUT2D eigenvalue weighted by atomic mass is 16.6. The van der Waals surface area contributed by atoms with Crippen molar-refractivity contribution in [3.63, 3.8) is 0 Å². The molecule has 0 saturated carbocycles. The van der Waals surface area contributed by atoms with Gasteiger partial charge in [0.2, 0.25) is 0 Å². The number of hydrogen-bond acceptors (Lipinski definition) is 6. The fourth-order valence-corrected chi connectivity index (χ4v) is 6.02. The molecule has 0 aliphatic rings. The molecule has 0 rings (SSSR count). The Hall–Kier alpha value is -4.97. The lowest BCUT2D eigenvalue weighted by atomic mass is 10.1. The molecule has 6 nitrogen and oxygen atoms in total. The van der Waals surface area contributed by atoms with E-state index in [0.717, 1.165) is 109 Å². The van der Waals surface area contributed by atoms with E-state index in [1.54, 1.807) is 0 Å². The third-order valence-electron chi connectivity index (χ3n) is 9.67. The summed E-state index contributed by atoms with van der Waals surface area (Å²) in [4.78, 5) is 37.9. The van der Waals surface area contributed by atoms with Gasteiger partial charge in [-0.05, 0) is 103 Å². The minimum Gasteiger partial charge on any atom is -0.462 e. The molecule has 0 fully saturated rings. The second kappa shape index (κ2) is 51.7. The summed E-state index contributed by atoms with van der Waals surface area (Å²) in [7, 11) is 0. The van der Waals surface area contributed by atoms with E-state index < -0.39 is 6.10 Å². The standard InChI is InChI=1S/C59H88O6/c1-4-7-10-13-16-19-22-24-26-28-29-31-32-34-37-40-43-46-49-52-58(61)64-55-56(54-63-57(60)51-48-45-42-39-36-21-18-15-12-9-6-3)65-59(62)53-50-47-44-41-38-35-33-30-27-25-23-20-17-14-11-8-5-2/h7-12,14,16-21,23-27,29-31,33,35,38-39,42,56H,4-6,13,15,22,28,32,34,36-37,40-41,43-55H2,1-3H3/b10-7-,11-8-,12-9-,17-14-,19-16-,21-18-,23-20-,26-24-,27-25-,31-29-,33-30+,38-35-,42-39-. The number of rotatable bonds is 42. The van der Waals surface area contributed by atoms with E-state index in [9.17, 15) is 14.4 Å². The fraction of sp³-hybridized carbons (Fsp3) is 0.508. The Balaban J connectivity index is 4.56. The summed E-state index contributed by atoms with van der Waals surface area (Å²) in [6.07, 6.45) is 75.2. The van der Waals surface area contributed by atoms with Gasteiger partial charge in [-0.3, -0.25) is 14.4 Å². The van der Waals surface area contributed by atoms with Crippen LogP contribution < -0.4 is 0 Å². The van der Waals surface area contributed by atoms with Crippen LogP contribution in [0.2, 0.25) is 0 Å². The van der Waals surface area contributed by atoms with Gasteiger partial charge in [0, 0.05) is 19.3 Å². The van der Waals surface area contributed by atoms with E-state index in [1.807, 2.05) is 60.8 Å². The average Bonchev–Trinajstić information content (AvgIpc) is 3.30. The predicted molar refractivity (Wildman–Crippen MR) is 278 cm³/mol. The van der Waals surface area contributed by atoms with Gasteiger partial charge in [-0.1, -0.05) is 211 Å². The zero-order valence-corrected chi connectivity index (χ0v) is 40.9. The number of hydrogen-bond donors (Lipinski definition) is 0. The molecule has 0 radical (unpaired) electrons.